The molecular formula is C15H9F4N3. The molecule has 0 aliphatic heterocycles. The van der Waals surface area contributed by atoms with Gasteiger partial charge in [0.15, 0.2) is 17.5 Å². The lowest BCUT2D eigenvalue weighted by Gasteiger charge is -2.08. The number of fused-ring (bicyclic) bond motifs is 1. The van der Waals surface area contributed by atoms with Crippen LogP contribution in [0.3, 0.4) is 0 Å². The first-order valence-electron chi connectivity index (χ1n) is 6.72. The van der Waals surface area contributed by atoms with Gasteiger partial charge in [-0.2, -0.15) is 0 Å². The Labute approximate surface area is 122 Å². The van der Waals surface area contributed by atoms with Crippen LogP contribution in [0, 0.1) is 23.3 Å². The van der Waals surface area contributed by atoms with Crippen LogP contribution in [0.25, 0.3) is 22.4 Å². The lowest BCUT2D eigenvalue weighted by molar-refractivity contribution is 0.451. The first-order chi connectivity index (χ1) is 10.6. The maximum Gasteiger partial charge on any atom is 0.196 e. The summed E-state index contributed by atoms with van der Waals surface area (Å²) in [5.41, 5.74) is 0.242. The molecule has 1 aromatic carbocycles. The second-order valence-corrected chi connectivity index (χ2v) is 5.28. The molecule has 4 rings (SSSR count). The van der Waals surface area contributed by atoms with E-state index < -0.39 is 23.3 Å². The number of halogens is 4. The van der Waals surface area contributed by atoms with Crippen molar-refractivity contribution >= 4 is 11.0 Å². The van der Waals surface area contributed by atoms with Crippen molar-refractivity contribution in [3.8, 4) is 11.4 Å². The molecule has 0 N–H and O–H groups in total. The smallest absolute Gasteiger partial charge is 0.196 e. The monoisotopic (exact) mass is 307 g/mol. The highest BCUT2D eigenvalue weighted by atomic mass is 19.2. The Bertz CT molecular complexity index is 899. The van der Waals surface area contributed by atoms with E-state index in [0.29, 0.717) is 5.56 Å². The van der Waals surface area contributed by atoms with Gasteiger partial charge in [-0.1, -0.05) is 0 Å². The Morgan fingerprint density at radius 2 is 1.77 bits per heavy atom. The first kappa shape index (κ1) is 13.2. The van der Waals surface area contributed by atoms with E-state index in [4.69, 9.17) is 0 Å². The zero-order valence-corrected chi connectivity index (χ0v) is 11.2. The first-order valence-corrected chi connectivity index (χ1v) is 6.72. The number of hydrogen-bond acceptors (Lipinski definition) is 2. The second kappa shape index (κ2) is 4.53. The number of nitrogens with zero attached hydrogens (tertiary/aromatic N) is 3. The van der Waals surface area contributed by atoms with Gasteiger partial charge in [0, 0.05) is 23.9 Å². The van der Waals surface area contributed by atoms with Crippen LogP contribution >= 0.6 is 0 Å². The highest BCUT2D eigenvalue weighted by molar-refractivity contribution is 5.81. The molecule has 0 radical (unpaired) electrons. The molecule has 22 heavy (non-hydrogen) atoms. The van der Waals surface area contributed by atoms with Crippen molar-refractivity contribution in [3.63, 3.8) is 0 Å². The fraction of sp³-hybridized carbons (Fsp3) is 0.200. The normalized spacial score (nSPS) is 14.7. The fourth-order valence-corrected chi connectivity index (χ4v) is 2.59. The van der Waals surface area contributed by atoms with Crippen LogP contribution in [0.1, 0.15) is 18.9 Å². The number of imidazole rings is 1. The Morgan fingerprint density at radius 1 is 1.00 bits per heavy atom. The van der Waals surface area contributed by atoms with Gasteiger partial charge in [-0.15, -0.1) is 0 Å². The predicted molar refractivity (Wildman–Crippen MR) is 71.1 cm³/mol. The average Bonchev–Trinajstić information content (AvgIpc) is 3.26. The van der Waals surface area contributed by atoms with E-state index in [2.05, 4.69) is 9.97 Å². The van der Waals surface area contributed by atoms with Crippen molar-refractivity contribution in [3.05, 3.63) is 47.8 Å². The van der Waals surface area contributed by atoms with Gasteiger partial charge in [-0.25, -0.2) is 22.5 Å². The molecule has 0 saturated heterocycles. The molecule has 0 bridgehead atoms. The maximum atomic E-state index is 14.2. The van der Waals surface area contributed by atoms with Crippen molar-refractivity contribution in [2.75, 3.05) is 0 Å². The molecule has 2 aromatic heterocycles. The highest BCUT2D eigenvalue weighted by Gasteiger charge is 2.31. The molecule has 1 fully saturated rings. The Balaban J connectivity index is 2.07. The van der Waals surface area contributed by atoms with Crippen LogP contribution in [0.5, 0.6) is 0 Å². The van der Waals surface area contributed by atoms with E-state index in [1.165, 1.54) is 16.8 Å². The molecule has 0 spiro atoms. The van der Waals surface area contributed by atoms with Crippen LogP contribution < -0.4 is 0 Å². The van der Waals surface area contributed by atoms with Crippen LogP contribution in [0.4, 0.5) is 17.6 Å². The van der Waals surface area contributed by atoms with Gasteiger partial charge in [-0.05, 0) is 18.9 Å². The zero-order chi connectivity index (χ0) is 15.4. The summed E-state index contributed by atoms with van der Waals surface area (Å²) in [6, 6.07) is 2.00. The third kappa shape index (κ3) is 1.88. The van der Waals surface area contributed by atoms with Crippen molar-refractivity contribution < 1.29 is 17.6 Å². The standard InChI is InChI=1S/C15H9F4N3/c16-8-3-7(5-20-6-8)15-21-11-4-10(17)12(18)13(19)14(11)22(15)9-1-2-9/h3-6,9H,1-2H2. The lowest BCUT2D eigenvalue weighted by Crippen LogP contribution is -2.01. The van der Waals surface area contributed by atoms with E-state index in [0.717, 1.165) is 25.1 Å². The minimum Gasteiger partial charge on any atom is -0.318 e. The largest absolute Gasteiger partial charge is 0.318 e. The summed E-state index contributed by atoms with van der Waals surface area (Å²) in [6.07, 6.45) is 3.97. The molecule has 1 saturated carbocycles. The quantitative estimate of drug-likeness (QED) is 0.529. The van der Waals surface area contributed by atoms with Gasteiger partial charge in [0.05, 0.1) is 11.7 Å². The molecule has 1 aliphatic rings. The number of rotatable bonds is 2. The molecule has 2 heterocycles. The van der Waals surface area contributed by atoms with E-state index >= 15 is 0 Å². The number of benzene rings is 1. The summed E-state index contributed by atoms with van der Waals surface area (Å²) in [5, 5.41) is 0. The van der Waals surface area contributed by atoms with Crippen LogP contribution in [-0.4, -0.2) is 14.5 Å². The summed E-state index contributed by atoms with van der Waals surface area (Å²) in [4.78, 5) is 7.90. The van der Waals surface area contributed by atoms with Gasteiger partial charge in [0.25, 0.3) is 0 Å². The summed E-state index contributed by atoms with van der Waals surface area (Å²) in [5.74, 6) is -4.41. The topological polar surface area (TPSA) is 30.7 Å². The molecule has 0 amide bonds. The molecule has 3 nitrogen and oxygen atoms in total. The molecule has 7 heteroatoms. The van der Waals surface area contributed by atoms with Crippen LogP contribution in [-0.2, 0) is 0 Å². The van der Waals surface area contributed by atoms with Gasteiger partial charge >= 0.3 is 0 Å². The van der Waals surface area contributed by atoms with Crippen molar-refractivity contribution in [1.29, 1.82) is 0 Å². The van der Waals surface area contributed by atoms with E-state index in [9.17, 15) is 17.6 Å². The van der Waals surface area contributed by atoms with E-state index in [1.54, 1.807) is 0 Å². The van der Waals surface area contributed by atoms with E-state index in [-0.39, 0.29) is 22.9 Å². The molecule has 112 valence electrons. The minimum absolute atomic E-state index is 0.00237. The van der Waals surface area contributed by atoms with E-state index in [1.807, 2.05) is 0 Å². The SMILES string of the molecule is Fc1cncc(-c2nc3cc(F)c(F)c(F)c3n2C2CC2)c1. The summed E-state index contributed by atoms with van der Waals surface area (Å²) in [6.45, 7) is 0. The van der Waals surface area contributed by atoms with Crippen molar-refractivity contribution in [2.45, 2.75) is 18.9 Å². The predicted octanol–water partition coefficient (Wildman–Crippen LogP) is 3.99. The fourth-order valence-electron chi connectivity index (χ4n) is 2.59. The maximum absolute atomic E-state index is 14.2. The zero-order valence-electron chi connectivity index (χ0n) is 11.2. The number of aromatic nitrogens is 3. The Kier molecular flexibility index (Phi) is 2.72. The molecule has 0 unspecified atom stereocenters. The van der Waals surface area contributed by atoms with Crippen LogP contribution in [0.2, 0.25) is 0 Å². The molecular weight excluding hydrogens is 298 g/mol. The van der Waals surface area contributed by atoms with Crippen molar-refractivity contribution in [2.24, 2.45) is 0 Å². The molecule has 3 aromatic rings. The van der Waals surface area contributed by atoms with Gasteiger partial charge in [0.2, 0.25) is 0 Å². The molecule has 1 aliphatic carbocycles. The number of pyridine rings is 1. The van der Waals surface area contributed by atoms with Gasteiger partial charge in [-0.3, -0.25) is 4.98 Å². The lowest BCUT2D eigenvalue weighted by atomic mass is 10.2. The summed E-state index contributed by atoms with van der Waals surface area (Å²) >= 11 is 0. The van der Waals surface area contributed by atoms with Gasteiger partial charge < -0.3 is 4.57 Å². The Morgan fingerprint density at radius 3 is 2.45 bits per heavy atom. The third-order valence-electron chi connectivity index (χ3n) is 3.69. The molecule has 0 atom stereocenters. The number of hydrogen-bond donors (Lipinski definition) is 0. The second-order valence-electron chi connectivity index (χ2n) is 5.28. The third-order valence-corrected chi connectivity index (χ3v) is 3.69. The Hall–Kier alpha value is -2.44. The van der Waals surface area contributed by atoms with Crippen molar-refractivity contribution in [1.82, 2.24) is 14.5 Å². The minimum atomic E-state index is -1.53. The summed E-state index contributed by atoms with van der Waals surface area (Å²) < 4.78 is 56.0. The van der Waals surface area contributed by atoms with Gasteiger partial charge in [0.1, 0.15) is 17.2 Å². The summed E-state index contributed by atoms with van der Waals surface area (Å²) in [7, 11) is 0. The average molecular weight is 307 g/mol. The van der Waals surface area contributed by atoms with Crippen LogP contribution in [0.15, 0.2) is 24.5 Å². The highest BCUT2D eigenvalue weighted by Crippen LogP contribution is 2.42.